The molecule has 0 radical (unpaired) electrons. The Labute approximate surface area is 85.7 Å². The Kier molecular flexibility index (Phi) is 2.45. The van der Waals surface area contributed by atoms with Gasteiger partial charge in [0.15, 0.2) is 0 Å². The van der Waals surface area contributed by atoms with E-state index in [4.69, 9.17) is 0 Å². The van der Waals surface area contributed by atoms with Crippen molar-refractivity contribution in [1.82, 2.24) is 0 Å². The third kappa shape index (κ3) is 1.80. The van der Waals surface area contributed by atoms with Crippen LogP contribution in [0.5, 0.6) is 0 Å². The van der Waals surface area contributed by atoms with Crippen molar-refractivity contribution in [3.05, 3.63) is 41.0 Å². The molecule has 0 bridgehead atoms. The third-order valence-electron chi connectivity index (χ3n) is 1.85. The van der Waals surface area contributed by atoms with Gasteiger partial charge >= 0.3 is 0 Å². The number of aliphatic imine (C=N–C) groups is 1. The molecule has 0 saturated carbocycles. The van der Waals surface area contributed by atoms with Gasteiger partial charge in [-0.3, -0.25) is 4.99 Å². The van der Waals surface area contributed by atoms with E-state index in [1.165, 1.54) is 0 Å². The fraction of sp³-hybridized carbons (Fsp3) is 0.100. The molecule has 0 unspecified atom stereocenters. The minimum absolute atomic E-state index is 0.694. The lowest BCUT2D eigenvalue weighted by Gasteiger charge is -2.20. The Morgan fingerprint density at radius 3 is 2.85 bits per heavy atom. The second kappa shape index (κ2) is 3.75. The van der Waals surface area contributed by atoms with E-state index in [-0.39, 0.29) is 0 Å². The van der Waals surface area contributed by atoms with Crippen LogP contribution in [0, 0.1) is 0 Å². The van der Waals surface area contributed by atoms with Crippen LogP contribution in [0.25, 0.3) is 0 Å². The van der Waals surface area contributed by atoms with Gasteiger partial charge in [0, 0.05) is 16.9 Å². The van der Waals surface area contributed by atoms with Gasteiger partial charge in [0.05, 0.1) is 5.69 Å². The lowest BCUT2D eigenvalue weighted by atomic mass is 10.3. The lowest BCUT2D eigenvalue weighted by Crippen LogP contribution is -2.18. The zero-order valence-electron chi connectivity index (χ0n) is 7.02. The smallest absolute Gasteiger partial charge is 0.114 e. The Hall–Kier alpha value is -1.09. The van der Waals surface area contributed by atoms with Gasteiger partial charge < -0.3 is 4.90 Å². The van der Waals surface area contributed by atoms with Crippen LogP contribution >= 0.6 is 15.9 Å². The SMILES string of the molecule is Brc1ccccc1N1C=CC=NC1. The summed E-state index contributed by atoms with van der Waals surface area (Å²) in [6, 6.07) is 8.12. The van der Waals surface area contributed by atoms with Crippen molar-refractivity contribution < 1.29 is 0 Å². The van der Waals surface area contributed by atoms with Gasteiger partial charge in [0.2, 0.25) is 0 Å². The predicted molar refractivity (Wildman–Crippen MR) is 59.1 cm³/mol. The lowest BCUT2D eigenvalue weighted by molar-refractivity contribution is 0.967. The molecule has 66 valence electrons. The summed E-state index contributed by atoms with van der Waals surface area (Å²) in [5, 5.41) is 0. The van der Waals surface area contributed by atoms with Crippen LogP contribution in [0.15, 0.2) is 46.0 Å². The van der Waals surface area contributed by atoms with Crippen LogP contribution in [-0.2, 0) is 0 Å². The van der Waals surface area contributed by atoms with Crippen molar-refractivity contribution in [1.29, 1.82) is 0 Å². The second-order valence-corrected chi connectivity index (χ2v) is 3.59. The van der Waals surface area contributed by atoms with Gasteiger partial charge in [-0.25, -0.2) is 0 Å². The summed E-state index contributed by atoms with van der Waals surface area (Å²) >= 11 is 3.50. The topological polar surface area (TPSA) is 15.6 Å². The van der Waals surface area contributed by atoms with Crippen molar-refractivity contribution in [2.75, 3.05) is 11.6 Å². The first-order chi connectivity index (χ1) is 6.38. The van der Waals surface area contributed by atoms with Crippen molar-refractivity contribution in [3.8, 4) is 0 Å². The number of hydrogen-bond donors (Lipinski definition) is 0. The standard InChI is InChI=1S/C10H9BrN2/c11-9-4-1-2-5-10(9)13-7-3-6-12-8-13/h1-7H,8H2. The molecule has 1 aliphatic rings. The highest BCUT2D eigenvalue weighted by Crippen LogP contribution is 2.26. The second-order valence-electron chi connectivity index (χ2n) is 2.74. The summed E-state index contributed by atoms with van der Waals surface area (Å²) in [5.74, 6) is 0. The van der Waals surface area contributed by atoms with Gasteiger partial charge in [-0.1, -0.05) is 12.1 Å². The molecule has 1 heterocycles. The number of allylic oxidation sites excluding steroid dienone is 1. The number of halogens is 1. The summed E-state index contributed by atoms with van der Waals surface area (Å²) in [7, 11) is 0. The van der Waals surface area contributed by atoms with Gasteiger partial charge in [-0.2, -0.15) is 0 Å². The van der Waals surface area contributed by atoms with E-state index in [0.29, 0.717) is 6.67 Å². The molecule has 0 aliphatic carbocycles. The van der Waals surface area contributed by atoms with E-state index >= 15 is 0 Å². The molecule has 13 heavy (non-hydrogen) atoms. The molecule has 3 heteroatoms. The molecular formula is C10H9BrN2. The van der Waals surface area contributed by atoms with E-state index in [1.807, 2.05) is 36.7 Å². The van der Waals surface area contributed by atoms with Crippen LogP contribution in [0.2, 0.25) is 0 Å². The minimum atomic E-state index is 0.694. The molecule has 1 aromatic rings. The maximum Gasteiger partial charge on any atom is 0.114 e. The largest absolute Gasteiger partial charge is 0.327 e. The summed E-state index contributed by atoms with van der Waals surface area (Å²) in [6.07, 6.45) is 5.77. The first kappa shape index (κ1) is 8.51. The molecule has 0 atom stereocenters. The number of hydrogen-bond acceptors (Lipinski definition) is 2. The Morgan fingerprint density at radius 1 is 1.31 bits per heavy atom. The quantitative estimate of drug-likeness (QED) is 0.733. The van der Waals surface area contributed by atoms with Crippen LogP contribution < -0.4 is 4.90 Å². The maximum absolute atomic E-state index is 4.17. The number of rotatable bonds is 1. The third-order valence-corrected chi connectivity index (χ3v) is 2.52. The molecule has 0 aromatic heterocycles. The fourth-order valence-electron chi connectivity index (χ4n) is 1.23. The Morgan fingerprint density at radius 2 is 2.15 bits per heavy atom. The maximum atomic E-state index is 4.17. The van der Waals surface area contributed by atoms with Crippen molar-refractivity contribution >= 4 is 27.8 Å². The highest BCUT2D eigenvalue weighted by atomic mass is 79.9. The molecule has 0 saturated heterocycles. The molecule has 2 rings (SSSR count). The van der Waals surface area contributed by atoms with Crippen molar-refractivity contribution in [3.63, 3.8) is 0 Å². The number of anilines is 1. The van der Waals surface area contributed by atoms with E-state index in [0.717, 1.165) is 10.2 Å². The van der Waals surface area contributed by atoms with Crippen molar-refractivity contribution in [2.45, 2.75) is 0 Å². The molecular weight excluding hydrogens is 228 g/mol. The van der Waals surface area contributed by atoms with Gasteiger partial charge in [-0.15, -0.1) is 0 Å². The van der Waals surface area contributed by atoms with Crippen LogP contribution in [0.3, 0.4) is 0 Å². The van der Waals surface area contributed by atoms with E-state index < -0.39 is 0 Å². The minimum Gasteiger partial charge on any atom is -0.327 e. The van der Waals surface area contributed by atoms with Crippen LogP contribution in [0.1, 0.15) is 0 Å². The van der Waals surface area contributed by atoms with E-state index in [9.17, 15) is 0 Å². The summed E-state index contributed by atoms with van der Waals surface area (Å²) < 4.78 is 1.09. The highest BCUT2D eigenvalue weighted by molar-refractivity contribution is 9.10. The van der Waals surface area contributed by atoms with Crippen LogP contribution in [0.4, 0.5) is 5.69 Å². The van der Waals surface area contributed by atoms with Gasteiger partial charge in [0.1, 0.15) is 6.67 Å². The number of nitrogens with zero attached hydrogens (tertiary/aromatic N) is 2. The Bertz CT molecular complexity index is 358. The molecule has 0 N–H and O–H groups in total. The normalized spacial score (nSPS) is 15.0. The number of benzene rings is 1. The highest BCUT2D eigenvalue weighted by Gasteiger charge is 2.06. The van der Waals surface area contributed by atoms with Crippen LogP contribution in [-0.4, -0.2) is 12.9 Å². The monoisotopic (exact) mass is 236 g/mol. The van der Waals surface area contributed by atoms with Crippen molar-refractivity contribution in [2.24, 2.45) is 4.99 Å². The molecule has 1 aromatic carbocycles. The summed E-state index contributed by atoms with van der Waals surface area (Å²) in [4.78, 5) is 6.26. The summed E-state index contributed by atoms with van der Waals surface area (Å²) in [5.41, 5.74) is 1.15. The average molecular weight is 237 g/mol. The molecule has 1 aliphatic heterocycles. The zero-order chi connectivity index (χ0) is 9.10. The summed E-state index contributed by atoms with van der Waals surface area (Å²) in [6.45, 7) is 0.694. The molecule has 0 amide bonds. The first-order valence-corrected chi connectivity index (χ1v) is 4.85. The molecule has 2 nitrogen and oxygen atoms in total. The Balaban J connectivity index is 2.30. The van der Waals surface area contributed by atoms with Gasteiger partial charge in [0.25, 0.3) is 0 Å². The van der Waals surface area contributed by atoms with E-state index in [2.05, 4.69) is 31.9 Å². The molecule has 0 fully saturated rings. The molecule has 0 spiro atoms. The van der Waals surface area contributed by atoms with Gasteiger partial charge in [-0.05, 0) is 34.1 Å². The number of para-hydroxylation sites is 1. The van der Waals surface area contributed by atoms with E-state index in [1.54, 1.807) is 0 Å². The zero-order valence-corrected chi connectivity index (χ0v) is 8.61. The fourth-order valence-corrected chi connectivity index (χ4v) is 1.74. The first-order valence-electron chi connectivity index (χ1n) is 4.06. The average Bonchev–Trinajstić information content (AvgIpc) is 2.20. The predicted octanol–water partition coefficient (Wildman–Crippen LogP) is 2.81.